The molecule has 5 nitrogen and oxygen atoms in total. The summed E-state index contributed by atoms with van der Waals surface area (Å²) in [5.74, 6) is -0.342. The number of hydrogen-bond donors (Lipinski definition) is 1. The van der Waals surface area contributed by atoms with Crippen LogP contribution in [0.3, 0.4) is 0 Å². The van der Waals surface area contributed by atoms with E-state index in [-0.39, 0.29) is 17.5 Å². The maximum Gasteiger partial charge on any atom is 0.326 e. The summed E-state index contributed by atoms with van der Waals surface area (Å²) < 4.78 is 24.0. The molecule has 0 amide bonds. The van der Waals surface area contributed by atoms with Crippen molar-refractivity contribution < 1.29 is 18.6 Å². The Morgan fingerprint density at radius 2 is 1.67 bits per heavy atom. The number of nitrogens with two attached hydrogens (primary N) is 1. The lowest BCUT2D eigenvalue weighted by atomic mass is 10.1. The topological polar surface area (TPSA) is 78.6 Å². The first-order chi connectivity index (χ1) is 9.19. The van der Waals surface area contributed by atoms with Crippen LogP contribution in [0, 0.1) is 5.92 Å². The van der Waals surface area contributed by atoms with E-state index in [0.29, 0.717) is 0 Å². The molecule has 2 atom stereocenters. The van der Waals surface area contributed by atoms with Crippen LogP contribution in [0.1, 0.15) is 55.4 Å². The third-order valence-corrected chi connectivity index (χ3v) is 8.41. The molecule has 0 bridgehead atoms. The summed E-state index contributed by atoms with van der Waals surface area (Å²) >= 11 is 1.07. The SMILES string of the molecule is CC(C)C(C)P(=O)(OC(C)(C)C)SCOC(=O)C(C)(C)N. The van der Waals surface area contributed by atoms with Gasteiger partial charge in [0.2, 0.25) is 0 Å². The zero-order valence-electron chi connectivity index (χ0n) is 14.4. The number of hydrogen-bond acceptors (Lipinski definition) is 6. The van der Waals surface area contributed by atoms with Gasteiger partial charge in [-0.3, -0.25) is 9.36 Å². The Morgan fingerprint density at radius 3 is 2.00 bits per heavy atom. The van der Waals surface area contributed by atoms with Gasteiger partial charge in [-0.1, -0.05) is 20.8 Å². The summed E-state index contributed by atoms with van der Waals surface area (Å²) in [6.07, 6.45) is 0. The van der Waals surface area contributed by atoms with Crippen LogP contribution < -0.4 is 5.73 Å². The van der Waals surface area contributed by atoms with Gasteiger partial charge in [0, 0.05) is 5.66 Å². The summed E-state index contributed by atoms with van der Waals surface area (Å²) in [4.78, 5) is 11.6. The first kappa shape index (κ1) is 21.0. The van der Waals surface area contributed by atoms with Crippen molar-refractivity contribution in [2.75, 3.05) is 5.94 Å². The van der Waals surface area contributed by atoms with E-state index >= 15 is 0 Å². The minimum absolute atomic E-state index is 0.0239. The van der Waals surface area contributed by atoms with Crippen molar-refractivity contribution in [2.24, 2.45) is 11.7 Å². The standard InChI is InChI=1S/C14H30NO4PS/c1-10(2)11(3)20(17,19-13(4,5)6)21-9-18-12(16)14(7,8)15/h10-11H,9,15H2,1-8H3. The monoisotopic (exact) mass is 339 g/mol. The highest BCUT2D eigenvalue weighted by atomic mass is 32.7. The molecule has 7 heteroatoms. The molecular formula is C14H30NO4PS. The molecule has 2 N–H and O–H groups in total. The summed E-state index contributed by atoms with van der Waals surface area (Å²) in [7, 11) is 0. The lowest BCUT2D eigenvalue weighted by Crippen LogP contribution is -2.42. The fraction of sp³-hybridized carbons (Fsp3) is 0.929. The van der Waals surface area contributed by atoms with Crippen molar-refractivity contribution in [3.05, 3.63) is 0 Å². The molecule has 0 fully saturated rings. The van der Waals surface area contributed by atoms with Crippen molar-refractivity contribution in [3.63, 3.8) is 0 Å². The minimum atomic E-state index is -3.00. The molecule has 21 heavy (non-hydrogen) atoms. The highest BCUT2D eigenvalue weighted by Crippen LogP contribution is 2.66. The second-order valence-corrected chi connectivity index (χ2v) is 12.0. The average molecular weight is 339 g/mol. The zero-order valence-corrected chi connectivity index (χ0v) is 16.1. The van der Waals surface area contributed by atoms with E-state index in [1.165, 1.54) is 0 Å². The fourth-order valence-electron chi connectivity index (χ4n) is 1.31. The predicted molar refractivity (Wildman–Crippen MR) is 89.6 cm³/mol. The third-order valence-electron chi connectivity index (χ3n) is 2.81. The first-order valence-corrected chi connectivity index (χ1v) is 10.4. The second-order valence-electron chi connectivity index (χ2n) is 7.13. The molecule has 2 unspecified atom stereocenters. The highest BCUT2D eigenvalue weighted by molar-refractivity contribution is 8.56. The van der Waals surface area contributed by atoms with Crippen LogP contribution >= 0.6 is 18.0 Å². The number of carbonyl (C=O) groups excluding carboxylic acids is 1. The Morgan fingerprint density at radius 1 is 1.19 bits per heavy atom. The maximum absolute atomic E-state index is 13.1. The number of rotatable bonds is 7. The quantitative estimate of drug-likeness (QED) is 0.429. The van der Waals surface area contributed by atoms with Crippen molar-refractivity contribution in [1.82, 2.24) is 0 Å². The number of ether oxygens (including phenoxy) is 1. The van der Waals surface area contributed by atoms with Crippen LogP contribution in [-0.4, -0.2) is 28.7 Å². The summed E-state index contributed by atoms with van der Waals surface area (Å²) in [6, 6.07) is 0. The predicted octanol–water partition coefficient (Wildman–Crippen LogP) is 4.01. The summed E-state index contributed by atoms with van der Waals surface area (Å²) in [5, 5.41) is 0. The third kappa shape index (κ3) is 7.68. The number of esters is 1. The Labute approximate surface area is 132 Å². The van der Waals surface area contributed by atoms with Gasteiger partial charge in [0.05, 0.1) is 5.60 Å². The molecule has 0 aliphatic carbocycles. The van der Waals surface area contributed by atoms with E-state index in [1.807, 2.05) is 41.5 Å². The lowest BCUT2D eigenvalue weighted by Gasteiger charge is -2.32. The molecule has 0 saturated heterocycles. The van der Waals surface area contributed by atoms with Crippen LogP contribution in [-0.2, 0) is 18.6 Å². The van der Waals surface area contributed by atoms with Crippen molar-refractivity contribution in [2.45, 2.75) is 72.2 Å². The maximum atomic E-state index is 13.1. The smallest absolute Gasteiger partial charge is 0.326 e. The van der Waals surface area contributed by atoms with Crippen LogP contribution in [0.15, 0.2) is 0 Å². The van der Waals surface area contributed by atoms with Gasteiger partial charge in [-0.05, 0) is 51.9 Å². The van der Waals surface area contributed by atoms with Crippen molar-refractivity contribution >= 4 is 23.9 Å². The molecule has 0 aromatic heterocycles. The molecule has 0 saturated carbocycles. The van der Waals surface area contributed by atoms with E-state index in [0.717, 1.165) is 11.4 Å². The van der Waals surface area contributed by atoms with Crippen LogP contribution in [0.2, 0.25) is 0 Å². The molecule has 0 aliphatic rings. The van der Waals surface area contributed by atoms with E-state index in [1.54, 1.807) is 13.8 Å². The molecule has 0 aromatic carbocycles. The zero-order chi connectivity index (χ0) is 17.1. The Balaban J connectivity index is 4.87. The summed E-state index contributed by atoms with van der Waals surface area (Å²) in [5.41, 5.74) is 3.94. The van der Waals surface area contributed by atoms with Crippen molar-refractivity contribution in [1.29, 1.82) is 0 Å². The molecule has 0 radical (unpaired) electrons. The Kier molecular flexibility index (Phi) is 7.48. The number of carbonyl (C=O) groups is 1. The Bertz CT molecular complexity index is 399. The fourth-order valence-corrected chi connectivity index (χ4v) is 6.43. The van der Waals surface area contributed by atoms with E-state index in [2.05, 4.69) is 0 Å². The molecule has 0 spiro atoms. The lowest BCUT2D eigenvalue weighted by molar-refractivity contribution is -0.146. The first-order valence-electron chi connectivity index (χ1n) is 7.10. The minimum Gasteiger partial charge on any atom is -0.453 e. The van der Waals surface area contributed by atoms with Gasteiger partial charge in [0.15, 0.2) is 0 Å². The molecular weight excluding hydrogens is 309 g/mol. The van der Waals surface area contributed by atoms with Crippen molar-refractivity contribution in [3.8, 4) is 0 Å². The molecule has 126 valence electrons. The molecule has 0 aromatic rings. The van der Waals surface area contributed by atoms with E-state index < -0.39 is 23.7 Å². The summed E-state index contributed by atoms with van der Waals surface area (Å²) in [6.45, 7) is 11.6. The van der Waals surface area contributed by atoms with Crippen LogP contribution in [0.5, 0.6) is 0 Å². The average Bonchev–Trinajstić information content (AvgIpc) is 2.23. The van der Waals surface area contributed by atoms with Gasteiger partial charge < -0.3 is 15.0 Å². The van der Waals surface area contributed by atoms with Crippen LogP contribution in [0.25, 0.3) is 0 Å². The second kappa shape index (κ2) is 7.49. The van der Waals surface area contributed by atoms with Gasteiger partial charge in [-0.15, -0.1) is 0 Å². The van der Waals surface area contributed by atoms with Gasteiger partial charge in [0.1, 0.15) is 11.5 Å². The van der Waals surface area contributed by atoms with Gasteiger partial charge in [0.25, 0.3) is 6.57 Å². The molecule has 0 aliphatic heterocycles. The van der Waals surface area contributed by atoms with Crippen LogP contribution in [0.4, 0.5) is 0 Å². The van der Waals surface area contributed by atoms with Gasteiger partial charge in [-0.25, -0.2) is 0 Å². The molecule has 0 heterocycles. The highest BCUT2D eigenvalue weighted by Gasteiger charge is 2.38. The van der Waals surface area contributed by atoms with E-state index in [4.69, 9.17) is 15.0 Å². The largest absolute Gasteiger partial charge is 0.453 e. The normalized spacial score (nSPS) is 17.4. The van der Waals surface area contributed by atoms with Gasteiger partial charge in [-0.2, -0.15) is 0 Å². The van der Waals surface area contributed by atoms with E-state index in [9.17, 15) is 9.36 Å². The van der Waals surface area contributed by atoms with Gasteiger partial charge >= 0.3 is 5.97 Å². The Hall–Kier alpha value is -0.0300. The molecule has 0 rings (SSSR count).